The fraction of sp³-hybridized carbons (Fsp3) is 0.714. The van der Waals surface area contributed by atoms with Gasteiger partial charge in [-0.1, -0.05) is 5.16 Å². The second-order valence-electron chi connectivity index (χ2n) is 3.40. The molecule has 1 aromatic heterocycles. The maximum Gasteiger partial charge on any atom is 0.438 e. The van der Waals surface area contributed by atoms with Crippen LogP contribution in [0.15, 0.2) is 9.32 Å². The number of hydrogen-bond acceptors (Lipinski definition) is 4. The highest BCUT2D eigenvalue weighted by molar-refractivity contribution is 5.00. The lowest BCUT2D eigenvalue weighted by Crippen LogP contribution is -2.22. The van der Waals surface area contributed by atoms with Crippen LogP contribution in [0.5, 0.6) is 0 Å². The van der Waals surface area contributed by atoms with Gasteiger partial charge in [0, 0.05) is 12.0 Å². The highest BCUT2D eigenvalue weighted by atomic mass is 16.5. The first-order valence-electron chi connectivity index (χ1n) is 4.02. The van der Waals surface area contributed by atoms with E-state index in [1.165, 1.54) is 0 Å². The van der Waals surface area contributed by atoms with E-state index in [2.05, 4.69) is 14.7 Å². The van der Waals surface area contributed by atoms with Gasteiger partial charge in [-0.15, -0.1) is 0 Å². The average molecular weight is 169 g/mol. The molecule has 1 saturated carbocycles. The number of nitrogens with one attached hydrogen (secondary N) is 1. The Labute approximate surface area is 68.9 Å². The van der Waals surface area contributed by atoms with Crippen molar-refractivity contribution in [3.05, 3.63) is 16.4 Å². The third kappa shape index (κ3) is 1.55. The standard InChI is InChI=1S/C7H11N3O2/c8-7(3-4-7)2-1-5-9-6(11)12-10-5/h1-4,8H2,(H,9,10,11). The first-order valence-corrected chi connectivity index (χ1v) is 4.02. The second-order valence-corrected chi connectivity index (χ2v) is 3.40. The lowest BCUT2D eigenvalue weighted by Gasteiger charge is -2.03. The van der Waals surface area contributed by atoms with Crippen LogP contribution in [0.1, 0.15) is 25.1 Å². The number of aromatic nitrogens is 2. The van der Waals surface area contributed by atoms with Crippen LogP contribution in [0.25, 0.3) is 0 Å². The second kappa shape index (κ2) is 2.45. The Balaban J connectivity index is 1.91. The molecule has 0 saturated heterocycles. The van der Waals surface area contributed by atoms with Gasteiger partial charge in [0.2, 0.25) is 0 Å². The van der Waals surface area contributed by atoms with E-state index in [0.29, 0.717) is 12.2 Å². The Morgan fingerprint density at radius 3 is 2.92 bits per heavy atom. The van der Waals surface area contributed by atoms with Gasteiger partial charge in [-0.25, -0.2) is 4.79 Å². The molecule has 0 bridgehead atoms. The van der Waals surface area contributed by atoms with Gasteiger partial charge in [0.15, 0.2) is 5.82 Å². The van der Waals surface area contributed by atoms with Crippen LogP contribution in [0.2, 0.25) is 0 Å². The molecule has 0 atom stereocenters. The van der Waals surface area contributed by atoms with E-state index in [1.807, 2.05) is 0 Å². The molecule has 0 aliphatic heterocycles. The lowest BCUT2D eigenvalue weighted by molar-refractivity contribution is 0.380. The molecular weight excluding hydrogens is 158 g/mol. The van der Waals surface area contributed by atoms with Gasteiger partial charge in [0.25, 0.3) is 0 Å². The SMILES string of the molecule is NC1(CCc2noc(=O)[nH]2)CC1. The molecule has 12 heavy (non-hydrogen) atoms. The highest BCUT2D eigenvalue weighted by Crippen LogP contribution is 2.36. The van der Waals surface area contributed by atoms with Gasteiger partial charge < -0.3 is 5.73 Å². The summed E-state index contributed by atoms with van der Waals surface area (Å²) >= 11 is 0. The molecule has 3 N–H and O–H groups in total. The van der Waals surface area contributed by atoms with Gasteiger partial charge in [-0.3, -0.25) is 9.51 Å². The predicted octanol–water partition coefficient (Wildman–Crippen LogP) is -0.213. The molecule has 0 radical (unpaired) electrons. The largest absolute Gasteiger partial charge is 0.438 e. The van der Waals surface area contributed by atoms with E-state index in [1.54, 1.807) is 0 Å². The summed E-state index contributed by atoms with van der Waals surface area (Å²) in [6, 6.07) is 0. The first kappa shape index (κ1) is 7.54. The van der Waals surface area contributed by atoms with Crippen LogP contribution in [-0.4, -0.2) is 15.7 Å². The van der Waals surface area contributed by atoms with Crippen LogP contribution >= 0.6 is 0 Å². The Kier molecular flexibility index (Phi) is 1.54. The van der Waals surface area contributed by atoms with Gasteiger partial charge in [-0.05, 0) is 19.3 Å². The summed E-state index contributed by atoms with van der Waals surface area (Å²) in [5.74, 6) is 0.101. The minimum Gasteiger partial charge on any atom is -0.325 e. The van der Waals surface area contributed by atoms with Crippen LogP contribution in [-0.2, 0) is 6.42 Å². The predicted molar refractivity (Wildman–Crippen MR) is 41.6 cm³/mol. The fourth-order valence-corrected chi connectivity index (χ4v) is 1.15. The quantitative estimate of drug-likeness (QED) is 0.655. The molecule has 1 heterocycles. The summed E-state index contributed by atoms with van der Waals surface area (Å²) in [6.45, 7) is 0. The van der Waals surface area contributed by atoms with E-state index in [9.17, 15) is 4.79 Å². The first-order chi connectivity index (χ1) is 5.68. The lowest BCUT2D eigenvalue weighted by atomic mass is 10.1. The van der Waals surface area contributed by atoms with Crippen molar-refractivity contribution in [1.82, 2.24) is 10.1 Å². The molecule has 5 nitrogen and oxygen atoms in total. The van der Waals surface area contributed by atoms with Crippen molar-refractivity contribution in [2.24, 2.45) is 5.73 Å². The number of aromatic amines is 1. The van der Waals surface area contributed by atoms with Crippen LogP contribution in [0.4, 0.5) is 0 Å². The van der Waals surface area contributed by atoms with Gasteiger partial charge in [0.05, 0.1) is 0 Å². The van der Waals surface area contributed by atoms with Crippen molar-refractivity contribution in [3.63, 3.8) is 0 Å². The summed E-state index contributed by atoms with van der Waals surface area (Å²) in [5, 5.41) is 3.55. The smallest absolute Gasteiger partial charge is 0.325 e. The zero-order valence-electron chi connectivity index (χ0n) is 6.67. The zero-order chi connectivity index (χ0) is 8.60. The number of H-pyrrole nitrogens is 1. The topological polar surface area (TPSA) is 84.9 Å². The average Bonchev–Trinajstić information content (AvgIpc) is 2.60. The van der Waals surface area contributed by atoms with Crippen molar-refractivity contribution in [2.45, 2.75) is 31.2 Å². The third-order valence-corrected chi connectivity index (χ3v) is 2.24. The summed E-state index contributed by atoms with van der Waals surface area (Å²) in [4.78, 5) is 13.0. The van der Waals surface area contributed by atoms with Crippen molar-refractivity contribution in [1.29, 1.82) is 0 Å². The summed E-state index contributed by atoms with van der Waals surface area (Å²) in [5.41, 5.74) is 5.86. The molecule has 0 unspecified atom stereocenters. The van der Waals surface area contributed by atoms with Crippen molar-refractivity contribution < 1.29 is 4.52 Å². The van der Waals surface area contributed by atoms with Gasteiger partial charge >= 0.3 is 5.76 Å². The van der Waals surface area contributed by atoms with Crippen LogP contribution in [0, 0.1) is 0 Å². The molecule has 0 aromatic carbocycles. The molecule has 1 fully saturated rings. The molecule has 1 aromatic rings. The summed E-state index contributed by atoms with van der Waals surface area (Å²) in [6.07, 6.45) is 3.72. The Morgan fingerprint density at radius 2 is 2.42 bits per heavy atom. The van der Waals surface area contributed by atoms with Crippen molar-refractivity contribution >= 4 is 0 Å². The number of nitrogens with zero attached hydrogens (tertiary/aromatic N) is 1. The molecule has 5 heteroatoms. The molecule has 0 amide bonds. The third-order valence-electron chi connectivity index (χ3n) is 2.24. The van der Waals surface area contributed by atoms with E-state index >= 15 is 0 Å². The minimum absolute atomic E-state index is 0.00976. The Bertz CT molecular complexity index is 323. The van der Waals surface area contributed by atoms with E-state index in [-0.39, 0.29) is 5.54 Å². The highest BCUT2D eigenvalue weighted by Gasteiger charge is 2.37. The minimum atomic E-state index is -0.494. The summed E-state index contributed by atoms with van der Waals surface area (Å²) in [7, 11) is 0. The van der Waals surface area contributed by atoms with Crippen molar-refractivity contribution in [3.8, 4) is 0 Å². The number of hydrogen-bond donors (Lipinski definition) is 2. The number of nitrogens with two attached hydrogens (primary N) is 1. The molecule has 66 valence electrons. The van der Waals surface area contributed by atoms with Crippen molar-refractivity contribution in [2.75, 3.05) is 0 Å². The number of rotatable bonds is 3. The molecule has 1 aliphatic carbocycles. The normalized spacial score (nSPS) is 19.4. The zero-order valence-corrected chi connectivity index (χ0v) is 6.67. The van der Waals surface area contributed by atoms with E-state index < -0.39 is 5.76 Å². The van der Waals surface area contributed by atoms with E-state index in [0.717, 1.165) is 19.3 Å². The molecule has 1 aliphatic rings. The van der Waals surface area contributed by atoms with Gasteiger partial charge in [0.1, 0.15) is 0 Å². The summed E-state index contributed by atoms with van der Waals surface area (Å²) < 4.78 is 4.35. The molecule has 2 rings (SSSR count). The maximum atomic E-state index is 10.5. The Morgan fingerprint density at radius 1 is 1.67 bits per heavy atom. The van der Waals surface area contributed by atoms with E-state index in [4.69, 9.17) is 5.73 Å². The fourth-order valence-electron chi connectivity index (χ4n) is 1.15. The number of aryl methyl sites for hydroxylation is 1. The van der Waals surface area contributed by atoms with Gasteiger partial charge in [-0.2, -0.15) is 0 Å². The monoisotopic (exact) mass is 169 g/mol. The van der Waals surface area contributed by atoms with Crippen LogP contribution in [0.3, 0.4) is 0 Å². The molecular formula is C7H11N3O2. The maximum absolute atomic E-state index is 10.5. The molecule has 0 spiro atoms. The van der Waals surface area contributed by atoms with Crippen LogP contribution < -0.4 is 11.5 Å². The Hall–Kier alpha value is -1.10.